The SMILES string of the molecule is CC1CNCC(C)N1c1cc(F)c2c(c1)C(=O)N(C1CCC(=O)NC1=O)C2=O. The first-order valence-electron chi connectivity index (χ1n) is 9.33. The van der Waals surface area contributed by atoms with Gasteiger partial charge in [-0.2, -0.15) is 0 Å². The van der Waals surface area contributed by atoms with Crippen molar-refractivity contribution < 1.29 is 23.6 Å². The molecule has 8 nitrogen and oxygen atoms in total. The molecule has 9 heteroatoms. The third-order valence-electron chi connectivity index (χ3n) is 5.61. The number of carbonyl (C=O) groups excluding carboxylic acids is 4. The number of imide groups is 2. The first-order valence-corrected chi connectivity index (χ1v) is 9.33. The van der Waals surface area contributed by atoms with E-state index in [4.69, 9.17) is 0 Å². The number of benzene rings is 1. The fourth-order valence-electron chi connectivity index (χ4n) is 4.32. The van der Waals surface area contributed by atoms with Crippen molar-refractivity contribution in [1.82, 2.24) is 15.5 Å². The summed E-state index contributed by atoms with van der Waals surface area (Å²) in [5.74, 6) is -3.48. The number of rotatable bonds is 2. The minimum Gasteiger partial charge on any atom is -0.363 e. The predicted molar refractivity (Wildman–Crippen MR) is 97.3 cm³/mol. The summed E-state index contributed by atoms with van der Waals surface area (Å²) in [6.07, 6.45) is 0.0594. The number of hydrogen-bond donors (Lipinski definition) is 2. The Morgan fingerprint density at radius 1 is 1.04 bits per heavy atom. The lowest BCUT2D eigenvalue weighted by Crippen LogP contribution is -2.55. The molecule has 3 heterocycles. The summed E-state index contributed by atoms with van der Waals surface area (Å²) in [6.45, 7) is 5.43. The van der Waals surface area contributed by atoms with Crippen LogP contribution >= 0.6 is 0 Å². The molecule has 0 aliphatic carbocycles. The molecule has 2 saturated heterocycles. The van der Waals surface area contributed by atoms with Crippen LogP contribution in [-0.4, -0.2) is 59.7 Å². The molecule has 0 spiro atoms. The number of piperidine rings is 1. The number of nitrogens with zero attached hydrogens (tertiary/aromatic N) is 2. The molecule has 3 aliphatic heterocycles. The molecular weight excluding hydrogens is 367 g/mol. The second-order valence-corrected chi connectivity index (χ2v) is 7.56. The van der Waals surface area contributed by atoms with Crippen LogP contribution in [0.25, 0.3) is 0 Å². The number of anilines is 1. The summed E-state index contributed by atoms with van der Waals surface area (Å²) in [4.78, 5) is 52.0. The monoisotopic (exact) mass is 388 g/mol. The number of carbonyl (C=O) groups is 4. The molecule has 0 saturated carbocycles. The smallest absolute Gasteiger partial charge is 0.265 e. The van der Waals surface area contributed by atoms with E-state index in [0.717, 1.165) is 18.0 Å². The zero-order chi connectivity index (χ0) is 20.2. The van der Waals surface area contributed by atoms with E-state index in [2.05, 4.69) is 10.6 Å². The summed E-state index contributed by atoms with van der Waals surface area (Å²) in [5, 5.41) is 5.42. The van der Waals surface area contributed by atoms with Gasteiger partial charge in [0.2, 0.25) is 11.8 Å². The van der Waals surface area contributed by atoms with Gasteiger partial charge in [0, 0.05) is 37.3 Å². The third kappa shape index (κ3) is 2.77. The fourth-order valence-corrected chi connectivity index (χ4v) is 4.32. The van der Waals surface area contributed by atoms with Crippen LogP contribution in [0.15, 0.2) is 12.1 Å². The van der Waals surface area contributed by atoms with Crippen LogP contribution < -0.4 is 15.5 Å². The number of fused-ring (bicyclic) bond motifs is 1. The molecule has 3 aliphatic rings. The molecule has 0 radical (unpaired) electrons. The van der Waals surface area contributed by atoms with E-state index in [-0.39, 0.29) is 36.1 Å². The molecule has 2 N–H and O–H groups in total. The molecule has 28 heavy (non-hydrogen) atoms. The molecule has 148 valence electrons. The average molecular weight is 388 g/mol. The van der Waals surface area contributed by atoms with Gasteiger partial charge in [-0.1, -0.05) is 0 Å². The molecular formula is C19H21FN4O4. The van der Waals surface area contributed by atoms with Crippen molar-refractivity contribution in [2.24, 2.45) is 0 Å². The predicted octanol–water partition coefficient (Wildman–Crippen LogP) is 0.413. The highest BCUT2D eigenvalue weighted by atomic mass is 19.1. The van der Waals surface area contributed by atoms with E-state index in [1.54, 1.807) is 0 Å². The number of nitrogens with one attached hydrogen (secondary N) is 2. The van der Waals surface area contributed by atoms with Crippen molar-refractivity contribution in [1.29, 1.82) is 0 Å². The minimum atomic E-state index is -1.11. The Kier molecular flexibility index (Phi) is 4.41. The van der Waals surface area contributed by atoms with Crippen LogP contribution in [0.1, 0.15) is 47.4 Å². The zero-order valence-electron chi connectivity index (χ0n) is 15.6. The number of piperazine rings is 1. The van der Waals surface area contributed by atoms with Crippen molar-refractivity contribution >= 4 is 29.3 Å². The summed E-state index contributed by atoms with van der Waals surface area (Å²) in [6, 6.07) is 1.86. The molecule has 3 atom stereocenters. The lowest BCUT2D eigenvalue weighted by atomic mass is 10.0. The number of halogens is 1. The van der Waals surface area contributed by atoms with Gasteiger partial charge in [-0.25, -0.2) is 4.39 Å². The van der Waals surface area contributed by atoms with E-state index in [1.165, 1.54) is 12.1 Å². The van der Waals surface area contributed by atoms with Gasteiger partial charge in [-0.3, -0.25) is 29.4 Å². The van der Waals surface area contributed by atoms with Crippen molar-refractivity contribution in [3.05, 3.63) is 29.1 Å². The highest BCUT2D eigenvalue weighted by Crippen LogP contribution is 2.34. The van der Waals surface area contributed by atoms with Gasteiger partial charge in [-0.05, 0) is 32.4 Å². The molecule has 0 bridgehead atoms. The quantitative estimate of drug-likeness (QED) is 0.713. The van der Waals surface area contributed by atoms with Gasteiger partial charge in [-0.15, -0.1) is 0 Å². The lowest BCUT2D eigenvalue weighted by Gasteiger charge is -2.41. The molecule has 0 aromatic heterocycles. The van der Waals surface area contributed by atoms with Crippen LogP contribution in [0.3, 0.4) is 0 Å². The summed E-state index contributed by atoms with van der Waals surface area (Å²) in [7, 11) is 0. The van der Waals surface area contributed by atoms with Crippen LogP contribution in [0, 0.1) is 5.82 Å². The third-order valence-corrected chi connectivity index (χ3v) is 5.61. The van der Waals surface area contributed by atoms with Crippen LogP contribution in [0.5, 0.6) is 0 Å². The molecule has 1 aromatic carbocycles. The topological polar surface area (TPSA) is 98.8 Å². The second-order valence-electron chi connectivity index (χ2n) is 7.56. The standard InChI is InChI=1S/C19H21FN4O4/c1-9-7-21-8-10(2)23(9)11-5-12-16(13(20)6-11)19(28)24(18(12)27)14-3-4-15(25)22-17(14)26/h5-6,9-10,14,21H,3-4,7-8H2,1-2H3,(H,22,25,26). The average Bonchev–Trinajstić information content (AvgIpc) is 2.87. The van der Waals surface area contributed by atoms with E-state index < -0.39 is 35.5 Å². The summed E-state index contributed by atoms with van der Waals surface area (Å²) in [5.41, 5.74) is 0.181. The van der Waals surface area contributed by atoms with Crippen molar-refractivity contribution in [2.45, 2.75) is 44.8 Å². The Morgan fingerprint density at radius 3 is 2.36 bits per heavy atom. The van der Waals surface area contributed by atoms with Gasteiger partial charge in [0.15, 0.2) is 0 Å². The van der Waals surface area contributed by atoms with Crippen LogP contribution in [-0.2, 0) is 9.59 Å². The zero-order valence-corrected chi connectivity index (χ0v) is 15.6. The van der Waals surface area contributed by atoms with E-state index in [0.29, 0.717) is 5.69 Å². The first kappa shape index (κ1) is 18.5. The maximum absolute atomic E-state index is 14.9. The van der Waals surface area contributed by atoms with Gasteiger partial charge in [0.05, 0.1) is 11.1 Å². The largest absolute Gasteiger partial charge is 0.363 e. The van der Waals surface area contributed by atoms with Gasteiger partial charge in [0.1, 0.15) is 11.9 Å². The Labute approximate surface area is 161 Å². The summed E-state index contributed by atoms with van der Waals surface area (Å²) >= 11 is 0. The van der Waals surface area contributed by atoms with E-state index in [1.807, 2.05) is 18.7 Å². The molecule has 1 aromatic rings. The summed E-state index contributed by atoms with van der Waals surface area (Å²) < 4.78 is 14.9. The normalized spacial score (nSPS) is 27.9. The fraction of sp³-hybridized carbons (Fsp3) is 0.474. The van der Waals surface area contributed by atoms with Crippen molar-refractivity contribution in [3.8, 4) is 0 Å². The highest BCUT2D eigenvalue weighted by Gasteiger charge is 2.46. The lowest BCUT2D eigenvalue weighted by molar-refractivity contribution is -0.136. The molecule has 2 fully saturated rings. The first-order chi connectivity index (χ1) is 13.3. The Morgan fingerprint density at radius 2 is 1.71 bits per heavy atom. The maximum Gasteiger partial charge on any atom is 0.265 e. The molecule has 4 amide bonds. The maximum atomic E-state index is 14.9. The molecule has 3 unspecified atom stereocenters. The molecule has 4 rings (SSSR count). The van der Waals surface area contributed by atoms with E-state index >= 15 is 0 Å². The number of hydrogen-bond acceptors (Lipinski definition) is 6. The number of amides is 4. The van der Waals surface area contributed by atoms with Gasteiger partial charge >= 0.3 is 0 Å². The van der Waals surface area contributed by atoms with Crippen LogP contribution in [0.4, 0.5) is 10.1 Å². The van der Waals surface area contributed by atoms with Crippen molar-refractivity contribution in [2.75, 3.05) is 18.0 Å². The minimum absolute atomic E-state index is 0.0212. The van der Waals surface area contributed by atoms with Crippen LogP contribution in [0.2, 0.25) is 0 Å². The van der Waals surface area contributed by atoms with Gasteiger partial charge in [0.25, 0.3) is 11.8 Å². The van der Waals surface area contributed by atoms with Crippen molar-refractivity contribution in [3.63, 3.8) is 0 Å². The van der Waals surface area contributed by atoms with Gasteiger partial charge < -0.3 is 10.2 Å². The second kappa shape index (κ2) is 6.66. The Balaban J connectivity index is 1.71. The van der Waals surface area contributed by atoms with E-state index in [9.17, 15) is 23.6 Å². The Hall–Kier alpha value is -2.81. The highest BCUT2D eigenvalue weighted by molar-refractivity contribution is 6.23. The Bertz CT molecular complexity index is 892.